The standard InChI is InChI=1S/C14H10Cl2N2/c15-13-4-3-10(14(16)7-13)6-12(8-17)11-2-1-5-18-9-11/h1-5,7,9,12H,6H2. The summed E-state index contributed by atoms with van der Waals surface area (Å²) in [7, 11) is 0. The molecule has 90 valence electrons. The quantitative estimate of drug-likeness (QED) is 0.841. The summed E-state index contributed by atoms with van der Waals surface area (Å²) in [6.07, 6.45) is 3.95. The van der Waals surface area contributed by atoms with Gasteiger partial charge >= 0.3 is 0 Å². The lowest BCUT2D eigenvalue weighted by atomic mass is 9.94. The van der Waals surface area contributed by atoms with Gasteiger partial charge in [0.2, 0.25) is 0 Å². The van der Waals surface area contributed by atoms with Gasteiger partial charge in [-0.25, -0.2) is 0 Å². The molecule has 1 heterocycles. The molecule has 0 radical (unpaired) electrons. The molecule has 2 aromatic rings. The maximum Gasteiger partial charge on any atom is 0.0768 e. The van der Waals surface area contributed by atoms with Crippen LogP contribution in [0.1, 0.15) is 17.0 Å². The van der Waals surface area contributed by atoms with Crippen LogP contribution in [0.15, 0.2) is 42.7 Å². The van der Waals surface area contributed by atoms with Crippen LogP contribution in [0.4, 0.5) is 0 Å². The molecule has 1 unspecified atom stereocenters. The zero-order valence-electron chi connectivity index (χ0n) is 9.48. The second-order valence-electron chi connectivity index (χ2n) is 3.91. The largest absolute Gasteiger partial charge is 0.264 e. The molecule has 0 aliphatic heterocycles. The van der Waals surface area contributed by atoms with Gasteiger partial charge in [0.15, 0.2) is 0 Å². The van der Waals surface area contributed by atoms with Crippen molar-refractivity contribution >= 4 is 23.2 Å². The summed E-state index contributed by atoms with van der Waals surface area (Å²) < 4.78 is 0. The van der Waals surface area contributed by atoms with Crippen molar-refractivity contribution in [1.29, 1.82) is 5.26 Å². The third-order valence-electron chi connectivity index (χ3n) is 2.68. The first-order chi connectivity index (χ1) is 8.70. The first-order valence-electron chi connectivity index (χ1n) is 5.44. The second kappa shape index (κ2) is 5.86. The number of halogens is 2. The Balaban J connectivity index is 2.24. The van der Waals surface area contributed by atoms with E-state index in [9.17, 15) is 5.26 Å². The molecule has 1 aromatic carbocycles. The highest BCUT2D eigenvalue weighted by atomic mass is 35.5. The van der Waals surface area contributed by atoms with Crippen molar-refractivity contribution in [3.05, 3.63) is 63.9 Å². The average molecular weight is 277 g/mol. The number of nitriles is 1. The molecule has 0 N–H and O–H groups in total. The van der Waals surface area contributed by atoms with E-state index in [1.165, 1.54) is 0 Å². The van der Waals surface area contributed by atoms with Crippen molar-refractivity contribution in [3.63, 3.8) is 0 Å². The van der Waals surface area contributed by atoms with Crippen molar-refractivity contribution in [1.82, 2.24) is 4.98 Å². The summed E-state index contributed by atoms with van der Waals surface area (Å²) in [5, 5.41) is 10.4. The Kier molecular flexibility index (Phi) is 4.19. The molecular weight excluding hydrogens is 267 g/mol. The lowest BCUT2D eigenvalue weighted by molar-refractivity contribution is 0.843. The van der Waals surface area contributed by atoms with Gasteiger partial charge in [-0.3, -0.25) is 4.98 Å². The fraction of sp³-hybridized carbons (Fsp3) is 0.143. The summed E-state index contributed by atoms with van der Waals surface area (Å²) in [6.45, 7) is 0. The van der Waals surface area contributed by atoms with Gasteiger partial charge in [-0.15, -0.1) is 0 Å². The van der Waals surface area contributed by atoms with Crippen LogP contribution in [0.2, 0.25) is 10.0 Å². The Labute approximate surface area is 116 Å². The fourth-order valence-corrected chi connectivity index (χ4v) is 2.21. The number of rotatable bonds is 3. The van der Waals surface area contributed by atoms with E-state index in [1.54, 1.807) is 24.5 Å². The summed E-state index contributed by atoms with van der Waals surface area (Å²) in [4.78, 5) is 4.03. The molecule has 0 bridgehead atoms. The Morgan fingerprint density at radius 1 is 1.28 bits per heavy atom. The number of aromatic nitrogens is 1. The Morgan fingerprint density at radius 3 is 2.72 bits per heavy atom. The highest BCUT2D eigenvalue weighted by Gasteiger charge is 2.13. The van der Waals surface area contributed by atoms with E-state index in [2.05, 4.69) is 11.1 Å². The summed E-state index contributed by atoms with van der Waals surface area (Å²) in [5.41, 5.74) is 1.81. The topological polar surface area (TPSA) is 36.7 Å². The maximum absolute atomic E-state index is 9.24. The first-order valence-corrected chi connectivity index (χ1v) is 6.20. The van der Waals surface area contributed by atoms with Gasteiger partial charge in [-0.1, -0.05) is 35.3 Å². The van der Waals surface area contributed by atoms with Crippen LogP contribution in [0.25, 0.3) is 0 Å². The summed E-state index contributed by atoms with van der Waals surface area (Å²) in [6, 6.07) is 11.3. The van der Waals surface area contributed by atoms with Crippen LogP contribution in [0.5, 0.6) is 0 Å². The van der Waals surface area contributed by atoms with Crippen LogP contribution in [-0.2, 0) is 6.42 Å². The maximum atomic E-state index is 9.24. The molecule has 18 heavy (non-hydrogen) atoms. The van der Waals surface area contributed by atoms with Crippen LogP contribution in [0.3, 0.4) is 0 Å². The Bertz CT molecular complexity index is 576. The van der Waals surface area contributed by atoms with Crippen LogP contribution in [-0.4, -0.2) is 4.98 Å². The molecule has 2 rings (SSSR count). The van der Waals surface area contributed by atoms with Gasteiger partial charge in [0.05, 0.1) is 12.0 Å². The number of nitrogens with zero attached hydrogens (tertiary/aromatic N) is 2. The Morgan fingerprint density at radius 2 is 2.11 bits per heavy atom. The third-order valence-corrected chi connectivity index (χ3v) is 3.27. The minimum Gasteiger partial charge on any atom is -0.264 e. The van der Waals surface area contributed by atoms with Gasteiger partial charge in [0.1, 0.15) is 0 Å². The van der Waals surface area contributed by atoms with Crippen molar-refractivity contribution in [2.45, 2.75) is 12.3 Å². The minimum atomic E-state index is -0.252. The lowest BCUT2D eigenvalue weighted by Gasteiger charge is -2.10. The number of benzene rings is 1. The molecule has 0 saturated heterocycles. The zero-order valence-corrected chi connectivity index (χ0v) is 11.0. The SMILES string of the molecule is N#CC(Cc1ccc(Cl)cc1Cl)c1cccnc1. The van der Waals surface area contributed by atoms with Gasteiger partial charge in [-0.05, 0) is 35.7 Å². The van der Waals surface area contributed by atoms with Gasteiger partial charge < -0.3 is 0 Å². The van der Waals surface area contributed by atoms with Crippen molar-refractivity contribution in [2.75, 3.05) is 0 Å². The third kappa shape index (κ3) is 3.01. The van der Waals surface area contributed by atoms with Gasteiger partial charge in [0.25, 0.3) is 0 Å². The monoisotopic (exact) mass is 276 g/mol. The average Bonchev–Trinajstić information content (AvgIpc) is 2.39. The van der Waals surface area contributed by atoms with Crippen molar-refractivity contribution < 1.29 is 0 Å². The molecule has 0 saturated carbocycles. The molecule has 2 nitrogen and oxygen atoms in total. The molecule has 0 amide bonds. The zero-order chi connectivity index (χ0) is 13.0. The van der Waals surface area contributed by atoms with E-state index in [0.717, 1.165) is 11.1 Å². The number of hydrogen-bond donors (Lipinski definition) is 0. The van der Waals surface area contributed by atoms with Gasteiger partial charge in [0, 0.05) is 22.4 Å². The molecule has 1 atom stereocenters. The van der Waals surface area contributed by atoms with Gasteiger partial charge in [-0.2, -0.15) is 5.26 Å². The fourth-order valence-electron chi connectivity index (χ4n) is 1.73. The first kappa shape index (κ1) is 12.9. The normalized spacial score (nSPS) is 11.8. The van der Waals surface area contributed by atoms with E-state index in [1.807, 2.05) is 18.2 Å². The van der Waals surface area contributed by atoms with E-state index >= 15 is 0 Å². The lowest BCUT2D eigenvalue weighted by Crippen LogP contribution is -2.01. The molecule has 0 spiro atoms. The summed E-state index contributed by atoms with van der Waals surface area (Å²) in [5.74, 6) is -0.252. The van der Waals surface area contributed by atoms with E-state index in [-0.39, 0.29) is 5.92 Å². The predicted molar refractivity (Wildman–Crippen MR) is 72.8 cm³/mol. The van der Waals surface area contributed by atoms with Crippen molar-refractivity contribution in [3.8, 4) is 6.07 Å². The predicted octanol–water partition coefficient (Wildman–Crippen LogP) is 4.24. The molecular formula is C14H10Cl2N2. The smallest absolute Gasteiger partial charge is 0.0768 e. The highest BCUT2D eigenvalue weighted by Crippen LogP contribution is 2.26. The molecule has 0 aliphatic carbocycles. The van der Waals surface area contributed by atoms with E-state index in [0.29, 0.717) is 16.5 Å². The number of hydrogen-bond acceptors (Lipinski definition) is 2. The molecule has 1 aromatic heterocycles. The highest BCUT2D eigenvalue weighted by molar-refractivity contribution is 6.35. The minimum absolute atomic E-state index is 0.252. The van der Waals surface area contributed by atoms with Crippen LogP contribution in [0, 0.1) is 11.3 Å². The molecule has 4 heteroatoms. The second-order valence-corrected chi connectivity index (χ2v) is 4.75. The Hall–Kier alpha value is -1.56. The van der Waals surface area contributed by atoms with E-state index in [4.69, 9.17) is 23.2 Å². The van der Waals surface area contributed by atoms with Crippen molar-refractivity contribution in [2.24, 2.45) is 0 Å². The van der Waals surface area contributed by atoms with Crippen LogP contribution < -0.4 is 0 Å². The summed E-state index contributed by atoms with van der Waals surface area (Å²) >= 11 is 12.0. The van der Waals surface area contributed by atoms with E-state index < -0.39 is 0 Å². The number of pyridine rings is 1. The molecule has 0 fully saturated rings. The molecule has 0 aliphatic rings. The van der Waals surface area contributed by atoms with Crippen LogP contribution >= 0.6 is 23.2 Å².